The summed E-state index contributed by atoms with van der Waals surface area (Å²) in [6, 6.07) is 1.51. The molecule has 0 rings (SSSR count). The molecule has 0 aliphatic carbocycles. The van der Waals surface area contributed by atoms with Crippen LogP contribution in [0.25, 0.3) is 0 Å². The summed E-state index contributed by atoms with van der Waals surface area (Å²) in [7, 11) is -0.171. The van der Waals surface area contributed by atoms with Crippen LogP contribution in [0.3, 0.4) is 0 Å². The van der Waals surface area contributed by atoms with Gasteiger partial charge in [0.05, 0.1) is 0 Å². The van der Waals surface area contributed by atoms with Gasteiger partial charge in [0.15, 0.2) is 0 Å². The Bertz CT molecular complexity index is 29.3. The van der Waals surface area contributed by atoms with E-state index >= 15 is 0 Å². The van der Waals surface area contributed by atoms with Crippen molar-refractivity contribution in [2.45, 2.75) is 32.5 Å². The molecule has 0 N–H and O–H groups in total. The van der Waals surface area contributed by atoms with E-state index < -0.39 is 0 Å². The van der Waals surface area contributed by atoms with Crippen molar-refractivity contribution in [1.29, 1.82) is 0 Å². The van der Waals surface area contributed by atoms with Gasteiger partial charge in [-0.05, 0) is 0 Å². The Morgan fingerprint density at radius 2 is 1.71 bits per heavy atom. The van der Waals surface area contributed by atoms with Gasteiger partial charge in [0.1, 0.15) is 0 Å². The zero-order chi connectivity index (χ0) is 4.99. The van der Waals surface area contributed by atoms with Gasteiger partial charge >= 0.3 is 18.9 Å². The van der Waals surface area contributed by atoms with Crippen LogP contribution in [0.5, 0.6) is 0 Å². The van der Waals surface area contributed by atoms with E-state index in [0.717, 1.165) is 0 Å². The standard InChI is InChI=1S/C5H14Si.Li.H/c1-4-5-6(2)3;;/h6H,4-5H2,1-3H3;;. The maximum absolute atomic E-state index is 2.39. The predicted molar refractivity (Wildman–Crippen MR) is 41.1 cm³/mol. The summed E-state index contributed by atoms with van der Waals surface area (Å²) >= 11 is 0. The summed E-state index contributed by atoms with van der Waals surface area (Å²) in [4.78, 5) is 0. The van der Waals surface area contributed by atoms with Crippen molar-refractivity contribution in [3.63, 3.8) is 0 Å². The van der Waals surface area contributed by atoms with Crippen LogP contribution in [0, 0.1) is 0 Å². The molecule has 0 bridgehead atoms. The third-order valence-electron chi connectivity index (χ3n) is 0.866. The minimum atomic E-state index is -0.171. The first-order chi connectivity index (χ1) is 2.77. The zero-order valence-electron chi connectivity index (χ0n) is 4.99. The van der Waals surface area contributed by atoms with Crippen molar-refractivity contribution in [3.8, 4) is 0 Å². The van der Waals surface area contributed by atoms with E-state index in [4.69, 9.17) is 0 Å². The molecule has 0 heterocycles. The van der Waals surface area contributed by atoms with Crippen LogP contribution >= 0.6 is 0 Å². The summed E-state index contributed by atoms with van der Waals surface area (Å²) in [5.41, 5.74) is 0. The Morgan fingerprint density at radius 1 is 1.29 bits per heavy atom. The molecular weight excluding hydrogens is 95.1 g/mol. The maximum atomic E-state index is 2.39. The van der Waals surface area contributed by atoms with Crippen LogP contribution in [0.4, 0.5) is 0 Å². The molecule has 0 aliphatic rings. The van der Waals surface area contributed by atoms with Crippen molar-refractivity contribution < 1.29 is 0 Å². The molecule has 0 aliphatic heterocycles. The average Bonchev–Trinajstić information content (AvgIpc) is 1.35. The first-order valence-corrected chi connectivity index (χ1v) is 5.90. The van der Waals surface area contributed by atoms with E-state index in [1.54, 1.807) is 0 Å². The number of rotatable bonds is 2. The predicted octanol–water partition coefficient (Wildman–Crippen LogP) is 1.23. The molecule has 0 saturated heterocycles. The van der Waals surface area contributed by atoms with Gasteiger partial charge < -0.3 is 0 Å². The molecule has 0 saturated carbocycles. The van der Waals surface area contributed by atoms with E-state index in [2.05, 4.69) is 20.0 Å². The van der Waals surface area contributed by atoms with Gasteiger partial charge in [-0.3, -0.25) is 0 Å². The molecule has 0 amide bonds. The van der Waals surface area contributed by atoms with Gasteiger partial charge in [-0.1, -0.05) is 32.5 Å². The second-order valence-corrected chi connectivity index (χ2v) is 5.55. The van der Waals surface area contributed by atoms with Crippen LogP contribution in [-0.4, -0.2) is 27.7 Å². The zero-order valence-corrected chi connectivity index (χ0v) is 6.15. The average molecular weight is 110 g/mol. The Morgan fingerprint density at radius 3 is 1.71 bits per heavy atom. The molecular formula is C5H15LiSi. The second kappa shape index (κ2) is 6.81. The molecule has 0 radical (unpaired) electrons. The van der Waals surface area contributed by atoms with Crippen LogP contribution in [-0.2, 0) is 0 Å². The Kier molecular flexibility index (Phi) is 10.4. The molecule has 7 heavy (non-hydrogen) atoms. The van der Waals surface area contributed by atoms with Crippen LogP contribution in [0.15, 0.2) is 0 Å². The fourth-order valence-corrected chi connectivity index (χ4v) is 1.73. The van der Waals surface area contributed by atoms with Gasteiger partial charge in [0.2, 0.25) is 0 Å². The van der Waals surface area contributed by atoms with Crippen molar-refractivity contribution in [3.05, 3.63) is 0 Å². The fraction of sp³-hybridized carbons (Fsp3) is 1.00. The van der Waals surface area contributed by atoms with Gasteiger partial charge in [0, 0.05) is 8.80 Å². The molecule has 0 spiro atoms. The first kappa shape index (κ1) is 10.7. The molecule has 2 heteroatoms. The topological polar surface area (TPSA) is 0 Å². The van der Waals surface area contributed by atoms with Crippen molar-refractivity contribution >= 4 is 27.7 Å². The third kappa shape index (κ3) is 10.9. The second-order valence-electron chi connectivity index (χ2n) is 2.18. The first-order valence-electron chi connectivity index (χ1n) is 2.77. The molecule has 0 nitrogen and oxygen atoms in total. The Labute approximate surface area is 60.5 Å². The number of hydrogen-bond acceptors (Lipinski definition) is 0. The number of hydrogen-bond donors (Lipinski definition) is 0. The van der Waals surface area contributed by atoms with E-state index in [-0.39, 0.29) is 27.7 Å². The van der Waals surface area contributed by atoms with Crippen molar-refractivity contribution in [2.75, 3.05) is 0 Å². The molecule has 0 unspecified atom stereocenters. The minimum absolute atomic E-state index is 0. The van der Waals surface area contributed by atoms with Crippen LogP contribution in [0.1, 0.15) is 13.3 Å². The molecule has 0 aromatic carbocycles. The third-order valence-corrected chi connectivity index (χ3v) is 2.60. The van der Waals surface area contributed by atoms with Gasteiger partial charge in [0.25, 0.3) is 0 Å². The van der Waals surface area contributed by atoms with Crippen LogP contribution < -0.4 is 0 Å². The SMILES string of the molecule is CCC[SiH](C)C.[LiH]. The summed E-state index contributed by atoms with van der Waals surface area (Å²) in [5.74, 6) is 0. The summed E-state index contributed by atoms with van der Waals surface area (Å²) in [6.45, 7) is 7.04. The Balaban J connectivity index is 0. The van der Waals surface area contributed by atoms with E-state index in [1.165, 1.54) is 12.5 Å². The Hall–Kier alpha value is 0.814. The molecule has 0 atom stereocenters. The van der Waals surface area contributed by atoms with Crippen molar-refractivity contribution in [2.24, 2.45) is 0 Å². The molecule has 0 aromatic heterocycles. The normalized spacial score (nSPS) is 8.57. The molecule has 40 valence electrons. The van der Waals surface area contributed by atoms with Crippen LogP contribution in [0.2, 0.25) is 19.1 Å². The van der Waals surface area contributed by atoms with E-state index in [0.29, 0.717) is 0 Å². The summed E-state index contributed by atoms with van der Waals surface area (Å²) < 4.78 is 0. The fourth-order valence-electron chi connectivity index (χ4n) is 0.577. The van der Waals surface area contributed by atoms with E-state index in [9.17, 15) is 0 Å². The molecule has 0 aromatic rings. The van der Waals surface area contributed by atoms with Gasteiger partial charge in [-0.25, -0.2) is 0 Å². The quantitative estimate of drug-likeness (QED) is 0.469. The summed E-state index contributed by atoms with van der Waals surface area (Å²) in [5, 5.41) is 0. The van der Waals surface area contributed by atoms with Gasteiger partial charge in [-0.2, -0.15) is 0 Å². The molecule has 0 fully saturated rings. The summed E-state index contributed by atoms with van der Waals surface area (Å²) in [6.07, 6.45) is 1.39. The monoisotopic (exact) mass is 110 g/mol. The van der Waals surface area contributed by atoms with Crippen molar-refractivity contribution in [1.82, 2.24) is 0 Å². The van der Waals surface area contributed by atoms with Gasteiger partial charge in [-0.15, -0.1) is 0 Å². The van der Waals surface area contributed by atoms with E-state index in [1.807, 2.05) is 0 Å².